The lowest BCUT2D eigenvalue weighted by molar-refractivity contribution is -0.124. The number of likely N-dealkylation sites (N-methyl/N-ethyl adjacent to an activating group) is 1. The summed E-state index contributed by atoms with van der Waals surface area (Å²) in [6, 6.07) is 7.40. The molecule has 0 bridgehead atoms. The van der Waals surface area contributed by atoms with E-state index in [1.807, 2.05) is 31.3 Å². The predicted molar refractivity (Wildman–Crippen MR) is 80.1 cm³/mol. The third kappa shape index (κ3) is 5.34. The second-order valence-electron chi connectivity index (χ2n) is 5.20. The van der Waals surface area contributed by atoms with Crippen LogP contribution in [0.15, 0.2) is 24.3 Å². The fraction of sp³-hybridized carbons (Fsp3) is 0.533. The lowest BCUT2D eigenvalue weighted by Crippen LogP contribution is -2.46. The summed E-state index contributed by atoms with van der Waals surface area (Å²) in [6.45, 7) is 3.49. The van der Waals surface area contributed by atoms with Crippen molar-refractivity contribution in [1.29, 1.82) is 0 Å². The number of rotatable bonds is 6. The molecule has 1 atom stereocenters. The number of benzene rings is 1. The standard InChI is InChI=1S/C15H23N3O3/c1-18-6-7-20-14(10-18)9-17-15(19)11-21-13-4-2-12(8-16)3-5-13/h2-5,14H,6-11,16H2,1H3,(H,17,19). The molecule has 0 aliphatic carbocycles. The Hall–Kier alpha value is -1.63. The van der Waals surface area contributed by atoms with E-state index in [0.717, 1.165) is 18.7 Å². The summed E-state index contributed by atoms with van der Waals surface area (Å²) >= 11 is 0. The smallest absolute Gasteiger partial charge is 0.258 e. The summed E-state index contributed by atoms with van der Waals surface area (Å²) in [5, 5.41) is 2.83. The maximum Gasteiger partial charge on any atom is 0.258 e. The van der Waals surface area contributed by atoms with Crippen LogP contribution in [0.4, 0.5) is 0 Å². The van der Waals surface area contributed by atoms with Crippen LogP contribution in [0.2, 0.25) is 0 Å². The fourth-order valence-electron chi connectivity index (χ4n) is 2.14. The van der Waals surface area contributed by atoms with Gasteiger partial charge in [-0.1, -0.05) is 12.1 Å². The average molecular weight is 293 g/mol. The number of nitrogens with one attached hydrogen (secondary N) is 1. The first-order valence-corrected chi connectivity index (χ1v) is 7.16. The minimum Gasteiger partial charge on any atom is -0.484 e. The Kier molecular flexibility index (Phi) is 5.98. The molecule has 1 saturated heterocycles. The van der Waals surface area contributed by atoms with E-state index in [4.69, 9.17) is 15.2 Å². The molecule has 0 spiro atoms. The van der Waals surface area contributed by atoms with Gasteiger partial charge in [-0.05, 0) is 24.7 Å². The molecule has 0 radical (unpaired) electrons. The molecule has 1 aromatic rings. The summed E-state index contributed by atoms with van der Waals surface area (Å²) in [5.41, 5.74) is 6.55. The van der Waals surface area contributed by atoms with Crippen LogP contribution in [0.5, 0.6) is 5.75 Å². The zero-order valence-electron chi connectivity index (χ0n) is 12.4. The van der Waals surface area contributed by atoms with Crippen molar-refractivity contribution in [2.24, 2.45) is 5.73 Å². The van der Waals surface area contributed by atoms with Gasteiger partial charge in [-0.15, -0.1) is 0 Å². The van der Waals surface area contributed by atoms with E-state index in [9.17, 15) is 4.79 Å². The normalized spacial score (nSPS) is 19.2. The number of hydrogen-bond donors (Lipinski definition) is 2. The fourth-order valence-corrected chi connectivity index (χ4v) is 2.14. The molecule has 0 aromatic heterocycles. The molecular formula is C15H23N3O3. The Bertz CT molecular complexity index is 450. The molecule has 1 unspecified atom stereocenters. The first-order chi connectivity index (χ1) is 10.2. The molecule has 2 rings (SSSR count). The van der Waals surface area contributed by atoms with Gasteiger partial charge in [0.15, 0.2) is 6.61 Å². The van der Waals surface area contributed by atoms with Gasteiger partial charge < -0.3 is 25.4 Å². The van der Waals surface area contributed by atoms with Crippen molar-refractivity contribution in [3.8, 4) is 5.75 Å². The largest absolute Gasteiger partial charge is 0.484 e. The Morgan fingerprint density at radius 3 is 2.90 bits per heavy atom. The molecule has 3 N–H and O–H groups in total. The molecule has 21 heavy (non-hydrogen) atoms. The predicted octanol–water partition coefficient (Wildman–Crippen LogP) is -0.0291. The second kappa shape index (κ2) is 7.97. The van der Waals surface area contributed by atoms with Gasteiger partial charge in [0.2, 0.25) is 0 Å². The highest BCUT2D eigenvalue weighted by atomic mass is 16.5. The van der Waals surface area contributed by atoms with Gasteiger partial charge in [0.1, 0.15) is 5.75 Å². The number of nitrogens with two attached hydrogens (primary N) is 1. The Balaban J connectivity index is 1.67. The van der Waals surface area contributed by atoms with Crippen LogP contribution in [0.25, 0.3) is 0 Å². The highest BCUT2D eigenvalue weighted by Crippen LogP contribution is 2.11. The summed E-state index contributed by atoms with van der Waals surface area (Å²) in [4.78, 5) is 13.9. The molecule has 1 amide bonds. The molecule has 1 aliphatic heterocycles. The quantitative estimate of drug-likeness (QED) is 0.770. The van der Waals surface area contributed by atoms with E-state index in [-0.39, 0.29) is 18.6 Å². The Morgan fingerprint density at radius 2 is 2.24 bits per heavy atom. The van der Waals surface area contributed by atoms with Crippen LogP contribution in [0, 0.1) is 0 Å². The zero-order valence-corrected chi connectivity index (χ0v) is 12.4. The monoisotopic (exact) mass is 293 g/mol. The molecular weight excluding hydrogens is 270 g/mol. The molecule has 1 aromatic carbocycles. The Morgan fingerprint density at radius 1 is 1.48 bits per heavy atom. The minimum absolute atomic E-state index is 0.00449. The third-order valence-electron chi connectivity index (χ3n) is 3.40. The maximum atomic E-state index is 11.7. The van der Waals surface area contributed by atoms with Crippen molar-refractivity contribution in [2.75, 3.05) is 39.9 Å². The first-order valence-electron chi connectivity index (χ1n) is 7.16. The van der Waals surface area contributed by atoms with Gasteiger partial charge in [-0.2, -0.15) is 0 Å². The average Bonchev–Trinajstić information content (AvgIpc) is 2.51. The van der Waals surface area contributed by atoms with Crippen molar-refractivity contribution in [3.63, 3.8) is 0 Å². The van der Waals surface area contributed by atoms with Gasteiger partial charge in [-0.25, -0.2) is 0 Å². The third-order valence-corrected chi connectivity index (χ3v) is 3.40. The number of amides is 1. The number of morpholine rings is 1. The number of carbonyl (C=O) groups excluding carboxylic acids is 1. The molecule has 1 fully saturated rings. The van der Waals surface area contributed by atoms with Crippen molar-refractivity contribution >= 4 is 5.91 Å². The first kappa shape index (κ1) is 15.8. The second-order valence-corrected chi connectivity index (χ2v) is 5.20. The van der Waals surface area contributed by atoms with Gasteiger partial charge >= 0.3 is 0 Å². The number of carbonyl (C=O) groups is 1. The zero-order chi connectivity index (χ0) is 15.1. The van der Waals surface area contributed by atoms with Crippen LogP contribution in [-0.4, -0.2) is 56.8 Å². The summed E-state index contributed by atoms with van der Waals surface area (Å²) in [6.07, 6.45) is 0.0523. The van der Waals surface area contributed by atoms with Gasteiger partial charge in [-0.3, -0.25) is 4.79 Å². The lowest BCUT2D eigenvalue weighted by Gasteiger charge is -2.30. The summed E-state index contributed by atoms with van der Waals surface area (Å²) < 4.78 is 11.0. The minimum atomic E-state index is -0.144. The SMILES string of the molecule is CN1CCOC(CNC(=O)COc2ccc(CN)cc2)C1. The number of hydrogen-bond acceptors (Lipinski definition) is 5. The molecule has 6 nitrogen and oxygen atoms in total. The van der Waals surface area contributed by atoms with Gasteiger partial charge in [0.05, 0.1) is 12.7 Å². The van der Waals surface area contributed by atoms with Crippen LogP contribution in [0.1, 0.15) is 5.56 Å². The molecule has 1 heterocycles. The molecule has 6 heteroatoms. The molecule has 1 aliphatic rings. The highest BCUT2D eigenvalue weighted by molar-refractivity contribution is 5.77. The van der Waals surface area contributed by atoms with Crippen LogP contribution in [0.3, 0.4) is 0 Å². The topological polar surface area (TPSA) is 76.8 Å². The van der Waals surface area contributed by atoms with Gasteiger partial charge in [0.25, 0.3) is 5.91 Å². The molecule has 116 valence electrons. The van der Waals surface area contributed by atoms with E-state index in [2.05, 4.69) is 10.2 Å². The van der Waals surface area contributed by atoms with E-state index in [1.54, 1.807) is 0 Å². The number of ether oxygens (including phenoxy) is 2. The van der Waals surface area contributed by atoms with Crippen LogP contribution in [-0.2, 0) is 16.1 Å². The van der Waals surface area contributed by atoms with Crippen molar-refractivity contribution in [2.45, 2.75) is 12.6 Å². The Labute approximate surface area is 125 Å². The summed E-state index contributed by atoms with van der Waals surface area (Å²) in [7, 11) is 2.05. The van der Waals surface area contributed by atoms with Crippen LogP contribution < -0.4 is 15.8 Å². The highest BCUT2D eigenvalue weighted by Gasteiger charge is 2.18. The van der Waals surface area contributed by atoms with E-state index in [0.29, 0.717) is 25.4 Å². The van der Waals surface area contributed by atoms with Crippen molar-refractivity contribution in [3.05, 3.63) is 29.8 Å². The summed E-state index contributed by atoms with van der Waals surface area (Å²) in [5.74, 6) is 0.519. The van der Waals surface area contributed by atoms with E-state index in [1.165, 1.54) is 0 Å². The number of nitrogens with zero attached hydrogens (tertiary/aromatic N) is 1. The van der Waals surface area contributed by atoms with Crippen LogP contribution >= 0.6 is 0 Å². The van der Waals surface area contributed by atoms with Crippen molar-refractivity contribution in [1.82, 2.24) is 10.2 Å². The maximum absolute atomic E-state index is 11.7. The lowest BCUT2D eigenvalue weighted by atomic mass is 10.2. The van der Waals surface area contributed by atoms with Gasteiger partial charge in [0, 0.05) is 26.2 Å². The molecule has 0 saturated carbocycles. The van der Waals surface area contributed by atoms with Crippen molar-refractivity contribution < 1.29 is 14.3 Å². The van der Waals surface area contributed by atoms with E-state index >= 15 is 0 Å². The van der Waals surface area contributed by atoms with E-state index < -0.39 is 0 Å².